The van der Waals surface area contributed by atoms with Crippen LogP contribution in [0, 0.1) is 6.92 Å². The molecule has 0 spiro atoms. The van der Waals surface area contributed by atoms with Gasteiger partial charge in [-0.05, 0) is 36.6 Å². The van der Waals surface area contributed by atoms with Gasteiger partial charge in [0.2, 0.25) is 5.91 Å². The summed E-state index contributed by atoms with van der Waals surface area (Å²) >= 11 is 3.42. The lowest BCUT2D eigenvalue weighted by atomic mass is 10.1. The number of hydrogen-bond acceptors (Lipinski definition) is 1. The minimum Gasteiger partial charge on any atom is -0.326 e. The van der Waals surface area contributed by atoms with E-state index in [-0.39, 0.29) is 5.91 Å². The van der Waals surface area contributed by atoms with Gasteiger partial charge in [-0.3, -0.25) is 4.79 Å². The molecule has 0 radical (unpaired) electrons. The molecule has 0 unspecified atom stereocenters. The molecule has 1 aromatic carbocycles. The van der Waals surface area contributed by atoms with Crippen molar-refractivity contribution in [1.29, 1.82) is 0 Å². The van der Waals surface area contributed by atoms with Crippen LogP contribution in [0.2, 0.25) is 0 Å². The smallest absolute Gasteiger partial charge is 0.224 e. The van der Waals surface area contributed by atoms with Crippen molar-refractivity contribution in [2.75, 3.05) is 10.6 Å². The highest BCUT2D eigenvalue weighted by Crippen LogP contribution is 2.16. The Balaban J connectivity index is 2.77. The molecule has 0 saturated carbocycles. The summed E-state index contributed by atoms with van der Waals surface area (Å²) in [5.41, 5.74) is 3.43. The highest BCUT2D eigenvalue weighted by atomic mass is 79.9. The van der Waals surface area contributed by atoms with E-state index in [1.165, 1.54) is 11.1 Å². The molecule has 0 bridgehead atoms. The molecule has 3 heteroatoms. The second-order valence-corrected chi connectivity index (χ2v) is 4.27. The Morgan fingerprint density at radius 1 is 1.47 bits per heavy atom. The molecular weight excluding hydrogens is 254 g/mol. The van der Waals surface area contributed by atoms with Gasteiger partial charge in [0.25, 0.3) is 0 Å². The van der Waals surface area contributed by atoms with Gasteiger partial charge in [0, 0.05) is 17.4 Å². The Labute approximate surface area is 99.2 Å². The second-order valence-electron chi connectivity index (χ2n) is 3.48. The summed E-state index contributed by atoms with van der Waals surface area (Å²) in [6, 6.07) is 6.05. The Morgan fingerprint density at radius 3 is 2.73 bits per heavy atom. The average Bonchev–Trinajstić information content (AvgIpc) is 2.22. The maximum atomic E-state index is 11.2. The zero-order valence-corrected chi connectivity index (χ0v) is 10.7. The Morgan fingerprint density at radius 2 is 2.20 bits per heavy atom. The first kappa shape index (κ1) is 12.2. The van der Waals surface area contributed by atoms with Gasteiger partial charge >= 0.3 is 0 Å². The molecule has 0 aromatic heterocycles. The summed E-state index contributed by atoms with van der Waals surface area (Å²) in [4.78, 5) is 11.2. The fourth-order valence-corrected chi connectivity index (χ4v) is 1.83. The monoisotopic (exact) mass is 269 g/mol. The molecule has 1 N–H and O–H groups in total. The number of hydrogen-bond donors (Lipinski definition) is 1. The topological polar surface area (TPSA) is 29.1 Å². The summed E-state index contributed by atoms with van der Waals surface area (Å²) in [5, 5.41) is 3.82. The van der Waals surface area contributed by atoms with Crippen LogP contribution in [0.15, 0.2) is 18.2 Å². The van der Waals surface area contributed by atoms with E-state index >= 15 is 0 Å². The fourth-order valence-electron chi connectivity index (χ4n) is 1.41. The first-order chi connectivity index (χ1) is 7.17. The average molecular weight is 270 g/mol. The Hall–Kier alpha value is -0.830. The molecule has 1 amide bonds. The fraction of sp³-hybridized carbons (Fsp3) is 0.417. The molecule has 1 aromatic rings. The van der Waals surface area contributed by atoms with E-state index in [0.29, 0.717) is 6.42 Å². The number of aryl methyl sites for hydroxylation is 2. The third kappa shape index (κ3) is 3.67. The number of halogens is 1. The molecule has 0 aliphatic rings. The van der Waals surface area contributed by atoms with Crippen molar-refractivity contribution in [3.05, 3.63) is 29.3 Å². The molecular formula is C12H16BrNO. The van der Waals surface area contributed by atoms with E-state index in [1.807, 2.05) is 19.1 Å². The highest BCUT2D eigenvalue weighted by Gasteiger charge is 2.02. The van der Waals surface area contributed by atoms with Gasteiger partial charge in [0.05, 0.1) is 0 Å². The number of amides is 1. The third-order valence-corrected chi connectivity index (χ3v) is 2.71. The predicted octanol–water partition coefficient (Wildman–Crippen LogP) is 3.28. The lowest BCUT2D eigenvalue weighted by molar-refractivity contribution is -0.115. The SMILES string of the molecule is CCC(=O)Nc1ccc(CCBr)c(C)c1. The van der Waals surface area contributed by atoms with E-state index in [2.05, 4.69) is 34.2 Å². The van der Waals surface area contributed by atoms with Crippen LogP contribution in [0.1, 0.15) is 24.5 Å². The van der Waals surface area contributed by atoms with Crippen LogP contribution < -0.4 is 5.32 Å². The molecule has 0 aliphatic heterocycles. The number of nitrogens with one attached hydrogen (secondary N) is 1. The van der Waals surface area contributed by atoms with E-state index in [4.69, 9.17) is 0 Å². The van der Waals surface area contributed by atoms with Gasteiger partial charge in [-0.2, -0.15) is 0 Å². The molecule has 1 rings (SSSR count). The van der Waals surface area contributed by atoms with E-state index in [9.17, 15) is 4.79 Å². The van der Waals surface area contributed by atoms with E-state index < -0.39 is 0 Å². The van der Waals surface area contributed by atoms with Gasteiger partial charge in [0.15, 0.2) is 0 Å². The van der Waals surface area contributed by atoms with Crippen molar-refractivity contribution in [2.24, 2.45) is 0 Å². The van der Waals surface area contributed by atoms with Gasteiger partial charge < -0.3 is 5.32 Å². The van der Waals surface area contributed by atoms with Crippen LogP contribution in [0.4, 0.5) is 5.69 Å². The zero-order valence-electron chi connectivity index (χ0n) is 9.14. The largest absolute Gasteiger partial charge is 0.326 e. The maximum Gasteiger partial charge on any atom is 0.224 e. The molecule has 2 nitrogen and oxygen atoms in total. The van der Waals surface area contributed by atoms with Crippen LogP contribution in [-0.4, -0.2) is 11.2 Å². The van der Waals surface area contributed by atoms with Gasteiger partial charge in [-0.15, -0.1) is 0 Å². The minimum atomic E-state index is 0.0580. The second kappa shape index (κ2) is 5.91. The van der Waals surface area contributed by atoms with Crippen LogP contribution >= 0.6 is 15.9 Å². The summed E-state index contributed by atoms with van der Waals surface area (Å²) in [6.07, 6.45) is 1.54. The molecule has 0 heterocycles. The van der Waals surface area contributed by atoms with Crippen molar-refractivity contribution in [3.8, 4) is 0 Å². The predicted molar refractivity (Wildman–Crippen MR) is 67.6 cm³/mol. The van der Waals surface area contributed by atoms with Crippen molar-refractivity contribution < 1.29 is 4.79 Å². The molecule has 0 aliphatic carbocycles. The number of benzene rings is 1. The summed E-state index contributed by atoms with van der Waals surface area (Å²) in [7, 11) is 0. The third-order valence-electron chi connectivity index (χ3n) is 2.31. The minimum absolute atomic E-state index is 0.0580. The standard InChI is InChI=1S/C12H16BrNO/c1-3-12(15)14-11-5-4-10(6-7-13)9(2)8-11/h4-5,8H,3,6-7H2,1-2H3,(H,14,15). The zero-order chi connectivity index (χ0) is 11.3. The van der Waals surface area contributed by atoms with Crippen LogP contribution in [0.5, 0.6) is 0 Å². The van der Waals surface area contributed by atoms with E-state index in [0.717, 1.165) is 17.4 Å². The quantitative estimate of drug-likeness (QED) is 0.836. The van der Waals surface area contributed by atoms with Crippen LogP contribution in [0.3, 0.4) is 0 Å². The molecule has 0 atom stereocenters. The number of carbonyl (C=O) groups excluding carboxylic acids is 1. The number of alkyl halides is 1. The van der Waals surface area contributed by atoms with Gasteiger partial charge in [-0.1, -0.05) is 28.9 Å². The summed E-state index contributed by atoms with van der Waals surface area (Å²) in [6.45, 7) is 3.92. The first-order valence-electron chi connectivity index (χ1n) is 5.12. The van der Waals surface area contributed by atoms with Gasteiger partial charge in [0.1, 0.15) is 0 Å². The van der Waals surface area contributed by atoms with Crippen molar-refractivity contribution in [3.63, 3.8) is 0 Å². The lowest BCUT2D eigenvalue weighted by Crippen LogP contribution is -2.09. The van der Waals surface area contributed by atoms with Crippen LogP contribution in [0.25, 0.3) is 0 Å². The summed E-state index contributed by atoms with van der Waals surface area (Å²) < 4.78 is 0. The van der Waals surface area contributed by atoms with Crippen molar-refractivity contribution >= 4 is 27.5 Å². The number of carbonyl (C=O) groups is 1. The molecule has 0 fully saturated rings. The Bertz CT molecular complexity index is 349. The van der Waals surface area contributed by atoms with Crippen molar-refractivity contribution in [1.82, 2.24) is 0 Å². The normalized spacial score (nSPS) is 10.1. The van der Waals surface area contributed by atoms with E-state index in [1.54, 1.807) is 0 Å². The maximum absolute atomic E-state index is 11.2. The number of rotatable bonds is 4. The first-order valence-corrected chi connectivity index (χ1v) is 6.25. The van der Waals surface area contributed by atoms with Crippen molar-refractivity contribution in [2.45, 2.75) is 26.7 Å². The molecule has 82 valence electrons. The molecule has 0 saturated heterocycles. The molecule has 15 heavy (non-hydrogen) atoms. The van der Waals surface area contributed by atoms with Crippen LogP contribution in [-0.2, 0) is 11.2 Å². The van der Waals surface area contributed by atoms with Gasteiger partial charge in [-0.25, -0.2) is 0 Å². The summed E-state index contributed by atoms with van der Waals surface area (Å²) in [5.74, 6) is 0.0580. The lowest BCUT2D eigenvalue weighted by Gasteiger charge is -2.08. The number of anilines is 1. The Kier molecular flexibility index (Phi) is 4.82. The highest BCUT2D eigenvalue weighted by molar-refractivity contribution is 9.09.